The Kier molecular flexibility index (Phi) is 7.94. The molecule has 11 aromatic rings. The third-order valence-corrected chi connectivity index (χ3v) is 15.3. The molecule has 0 aliphatic carbocycles. The first-order valence-corrected chi connectivity index (χ1v) is 21.1. The predicted molar refractivity (Wildman–Crippen MR) is 241 cm³/mol. The molecule has 270 valence electrons. The van der Waals surface area contributed by atoms with Crippen molar-refractivity contribution in [2.45, 2.75) is 19.6 Å². The third-order valence-electron chi connectivity index (χ3n) is 11.4. The maximum Gasteiger partial charge on any atom is 0.0562 e. The summed E-state index contributed by atoms with van der Waals surface area (Å²) in [4.78, 5) is 5.22. The third kappa shape index (κ3) is 5.13. The van der Waals surface area contributed by atoms with Crippen molar-refractivity contribution in [1.82, 2.24) is 9.13 Å². The summed E-state index contributed by atoms with van der Waals surface area (Å²) < 4.78 is 4.97. The standard InChI is InChI=1S/C54H38N2S/c1-5-20-39(21-6-1)45-32-18-35-50-53(45)46-30-13-16-34-49(46)56(50)52-37-19-36-51-54(52)47-31-14-15-33-48(47)55(51)40-22-17-29-44(38-40)57(41-23-7-2-8-24-41,42-25-9-3-10-26-42)43-27-11-4-12-28-43/h1-38H. The van der Waals surface area contributed by atoms with Crippen LogP contribution in [0.2, 0.25) is 0 Å². The van der Waals surface area contributed by atoms with Crippen LogP contribution in [0.5, 0.6) is 0 Å². The maximum atomic E-state index is 2.49. The fourth-order valence-electron chi connectivity index (χ4n) is 9.11. The van der Waals surface area contributed by atoms with Crippen molar-refractivity contribution in [3.63, 3.8) is 0 Å². The SMILES string of the molecule is c1ccc(-c2cccc3c2c2ccccc2n3-c2cccc3c2c2ccccc2n3-c2cccc(S(c3ccccc3)(c3ccccc3)c3ccccc3)c2)cc1. The molecule has 0 saturated carbocycles. The number of hydrogen-bond acceptors (Lipinski definition) is 0. The van der Waals surface area contributed by atoms with Crippen molar-refractivity contribution in [2.75, 3.05) is 0 Å². The molecule has 0 saturated heterocycles. The van der Waals surface area contributed by atoms with Gasteiger partial charge in [0, 0.05) is 46.8 Å². The van der Waals surface area contributed by atoms with Crippen LogP contribution in [0.3, 0.4) is 0 Å². The molecule has 0 N–H and O–H groups in total. The molecule has 0 bridgehead atoms. The Morgan fingerprint density at radius 1 is 0.298 bits per heavy atom. The van der Waals surface area contributed by atoms with Gasteiger partial charge in [-0.3, -0.25) is 0 Å². The van der Waals surface area contributed by atoms with E-state index in [9.17, 15) is 0 Å². The van der Waals surface area contributed by atoms with Gasteiger partial charge in [0.05, 0.1) is 27.8 Å². The van der Waals surface area contributed by atoms with Crippen molar-refractivity contribution < 1.29 is 0 Å². The van der Waals surface area contributed by atoms with E-state index in [-0.39, 0.29) is 0 Å². The number of para-hydroxylation sites is 2. The zero-order valence-electron chi connectivity index (χ0n) is 31.2. The Bertz CT molecular complexity index is 3120. The number of hydrogen-bond donors (Lipinski definition) is 0. The van der Waals surface area contributed by atoms with Crippen molar-refractivity contribution in [3.8, 4) is 22.5 Å². The molecule has 2 heterocycles. The second-order valence-corrected chi connectivity index (χ2v) is 17.6. The topological polar surface area (TPSA) is 9.86 Å². The molecule has 0 spiro atoms. The second kappa shape index (κ2) is 13.6. The molecule has 0 aliphatic rings. The van der Waals surface area contributed by atoms with Crippen LogP contribution in [0.25, 0.3) is 66.1 Å². The van der Waals surface area contributed by atoms with Gasteiger partial charge in [-0.05, 0) is 96.1 Å². The van der Waals surface area contributed by atoms with E-state index in [4.69, 9.17) is 0 Å². The minimum atomic E-state index is -1.87. The van der Waals surface area contributed by atoms with Gasteiger partial charge in [0.15, 0.2) is 0 Å². The molecule has 0 unspecified atom stereocenters. The average Bonchev–Trinajstić information content (AvgIpc) is 3.82. The summed E-state index contributed by atoms with van der Waals surface area (Å²) in [6, 6.07) is 84.7. The molecule has 9 aromatic carbocycles. The first-order valence-electron chi connectivity index (χ1n) is 19.5. The highest BCUT2D eigenvalue weighted by Crippen LogP contribution is 2.73. The van der Waals surface area contributed by atoms with Gasteiger partial charge in [0.1, 0.15) is 0 Å². The van der Waals surface area contributed by atoms with Crippen molar-refractivity contribution >= 4 is 53.6 Å². The monoisotopic (exact) mass is 746 g/mol. The average molecular weight is 747 g/mol. The highest BCUT2D eigenvalue weighted by molar-refractivity contribution is 8.34. The summed E-state index contributed by atoms with van der Waals surface area (Å²) in [6.07, 6.45) is 0. The van der Waals surface area contributed by atoms with Gasteiger partial charge in [0.25, 0.3) is 0 Å². The van der Waals surface area contributed by atoms with Gasteiger partial charge >= 0.3 is 0 Å². The summed E-state index contributed by atoms with van der Waals surface area (Å²) in [7, 11) is -1.87. The van der Waals surface area contributed by atoms with Crippen LogP contribution < -0.4 is 0 Å². The Labute approximate surface area is 333 Å². The minimum Gasteiger partial charge on any atom is -0.309 e. The first-order chi connectivity index (χ1) is 28.3. The lowest BCUT2D eigenvalue weighted by atomic mass is 9.99. The van der Waals surface area contributed by atoms with Gasteiger partial charge in [-0.25, -0.2) is 0 Å². The lowest BCUT2D eigenvalue weighted by molar-refractivity contribution is 1.14. The summed E-state index contributed by atoms with van der Waals surface area (Å²) >= 11 is 0. The normalized spacial score (nSPS) is 12.1. The Balaban J connectivity index is 1.20. The van der Waals surface area contributed by atoms with Crippen LogP contribution in [0.15, 0.2) is 250 Å². The van der Waals surface area contributed by atoms with Crippen LogP contribution in [-0.2, 0) is 0 Å². The molecule has 0 fully saturated rings. The van der Waals surface area contributed by atoms with Crippen molar-refractivity contribution in [3.05, 3.63) is 231 Å². The van der Waals surface area contributed by atoms with Gasteiger partial charge in [0.2, 0.25) is 0 Å². The number of nitrogens with zero attached hydrogens (tertiary/aromatic N) is 2. The molecular formula is C54H38N2S. The molecular weight excluding hydrogens is 709 g/mol. The van der Waals surface area contributed by atoms with E-state index < -0.39 is 10.0 Å². The van der Waals surface area contributed by atoms with Crippen LogP contribution in [-0.4, -0.2) is 9.13 Å². The smallest absolute Gasteiger partial charge is 0.0562 e. The lowest BCUT2D eigenvalue weighted by Gasteiger charge is -2.42. The molecule has 3 heteroatoms. The Morgan fingerprint density at radius 2 is 0.737 bits per heavy atom. The van der Waals surface area contributed by atoms with E-state index in [1.807, 2.05) is 0 Å². The number of aromatic nitrogens is 2. The van der Waals surface area contributed by atoms with Gasteiger partial charge < -0.3 is 9.13 Å². The van der Waals surface area contributed by atoms with Crippen LogP contribution in [0, 0.1) is 0 Å². The summed E-state index contributed by atoms with van der Waals surface area (Å²) in [5.41, 5.74) is 9.54. The van der Waals surface area contributed by atoms with E-state index in [0.717, 1.165) is 5.69 Å². The van der Waals surface area contributed by atoms with E-state index in [2.05, 4.69) is 240 Å². The fraction of sp³-hybridized carbons (Fsp3) is 0. The summed E-state index contributed by atoms with van der Waals surface area (Å²) in [5, 5.41) is 4.99. The molecule has 57 heavy (non-hydrogen) atoms. The highest BCUT2D eigenvalue weighted by atomic mass is 32.3. The van der Waals surface area contributed by atoms with Crippen LogP contribution >= 0.6 is 10.0 Å². The Morgan fingerprint density at radius 3 is 1.35 bits per heavy atom. The second-order valence-electron chi connectivity index (χ2n) is 14.5. The minimum absolute atomic E-state index is 1.14. The van der Waals surface area contributed by atoms with Crippen LogP contribution in [0.1, 0.15) is 0 Å². The van der Waals surface area contributed by atoms with Crippen molar-refractivity contribution in [2.24, 2.45) is 0 Å². The molecule has 11 rings (SSSR count). The number of benzene rings is 9. The van der Waals surface area contributed by atoms with E-state index in [0.29, 0.717) is 0 Å². The lowest BCUT2D eigenvalue weighted by Crippen LogP contribution is -2.06. The van der Waals surface area contributed by atoms with E-state index in [1.165, 1.54) is 80.0 Å². The Hall–Kier alpha value is -7.07. The zero-order chi connectivity index (χ0) is 37.8. The number of fused-ring (bicyclic) bond motifs is 6. The van der Waals surface area contributed by atoms with E-state index in [1.54, 1.807) is 0 Å². The maximum absolute atomic E-state index is 2.49. The van der Waals surface area contributed by atoms with E-state index >= 15 is 0 Å². The predicted octanol–water partition coefficient (Wildman–Crippen LogP) is 14.9. The van der Waals surface area contributed by atoms with Crippen LogP contribution in [0.4, 0.5) is 0 Å². The summed E-state index contributed by atoms with van der Waals surface area (Å²) in [5.74, 6) is 0. The molecule has 2 nitrogen and oxygen atoms in total. The first kappa shape index (κ1) is 33.3. The molecule has 0 radical (unpaired) electrons. The molecule has 0 amide bonds. The van der Waals surface area contributed by atoms with Gasteiger partial charge in [-0.2, -0.15) is 0 Å². The van der Waals surface area contributed by atoms with Gasteiger partial charge in [-0.15, -0.1) is 10.0 Å². The molecule has 0 aliphatic heterocycles. The molecule has 2 aromatic heterocycles. The van der Waals surface area contributed by atoms with Gasteiger partial charge in [-0.1, -0.05) is 146 Å². The highest BCUT2D eigenvalue weighted by Gasteiger charge is 2.33. The zero-order valence-corrected chi connectivity index (χ0v) is 32.1. The number of rotatable bonds is 7. The molecule has 0 atom stereocenters. The quantitative estimate of drug-likeness (QED) is 0.154. The fourth-order valence-corrected chi connectivity index (χ4v) is 13.0. The largest absolute Gasteiger partial charge is 0.309 e. The van der Waals surface area contributed by atoms with Crippen molar-refractivity contribution in [1.29, 1.82) is 0 Å². The summed E-state index contributed by atoms with van der Waals surface area (Å²) in [6.45, 7) is 0.